The molecule has 0 spiro atoms. The number of carbonyl (C=O) groups excluding carboxylic acids is 2. The summed E-state index contributed by atoms with van der Waals surface area (Å²) in [5.74, 6) is -0.765. The standard InChI is InChI=1S/C32H35N5O3/c1-20(2)37-28(16-18-33-37)31(38)35-30(27-11-7-9-23-8-5-6-10-26(23)27)32(39)34-25-14-12-24(13-15-25)29-21(3)17-19-36(40)22(29)4/h5-6,8,10,12-20,27,30H,7,9,11H2,1-4H3,(H,34,39)(H,35,38)/t27?,30-/m0/s1. The third kappa shape index (κ3) is 5.34. The molecule has 40 heavy (non-hydrogen) atoms. The summed E-state index contributed by atoms with van der Waals surface area (Å²) in [6, 6.07) is 18.3. The maximum absolute atomic E-state index is 13.9. The van der Waals surface area contributed by atoms with E-state index in [1.165, 1.54) is 11.8 Å². The van der Waals surface area contributed by atoms with Gasteiger partial charge in [-0.3, -0.25) is 14.3 Å². The van der Waals surface area contributed by atoms with Crippen LogP contribution >= 0.6 is 0 Å². The molecule has 0 fully saturated rings. The van der Waals surface area contributed by atoms with Gasteiger partial charge in [0.15, 0.2) is 11.9 Å². The van der Waals surface area contributed by atoms with Gasteiger partial charge in [0.05, 0.1) is 5.56 Å². The van der Waals surface area contributed by atoms with Crippen LogP contribution in [0.3, 0.4) is 0 Å². The molecular formula is C32H35N5O3. The number of hydrogen-bond acceptors (Lipinski definition) is 4. The van der Waals surface area contributed by atoms with Gasteiger partial charge in [-0.2, -0.15) is 9.83 Å². The summed E-state index contributed by atoms with van der Waals surface area (Å²) < 4.78 is 2.52. The second-order valence-corrected chi connectivity index (χ2v) is 10.8. The van der Waals surface area contributed by atoms with Crippen LogP contribution in [0.4, 0.5) is 5.69 Å². The molecule has 0 radical (unpaired) electrons. The monoisotopic (exact) mass is 537 g/mol. The molecule has 206 valence electrons. The number of rotatable bonds is 7. The summed E-state index contributed by atoms with van der Waals surface area (Å²) in [5, 5.41) is 22.5. The molecule has 0 saturated carbocycles. The Kier molecular flexibility index (Phi) is 7.69. The van der Waals surface area contributed by atoms with Crippen LogP contribution in [0.5, 0.6) is 0 Å². The topological polar surface area (TPSA) is 103 Å². The Hall–Kier alpha value is -4.46. The van der Waals surface area contributed by atoms with Crippen molar-refractivity contribution in [3.63, 3.8) is 0 Å². The fourth-order valence-corrected chi connectivity index (χ4v) is 5.75. The van der Waals surface area contributed by atoms with E-state index in [2.05, 4.69) is 27.9 Å². The van der Waals surface area contributed by atoms with Crippen molar-refractivity contribution in [1.29, 1.82) is 0 Å². The smallest absolute Gasteiger partial charge is 0.270 e. The summed E-state index contributed by atoms with van der Waals surface area (Å²) in [7, 11) is 0. The highest BCUT2D eigenvalue weighted by molar-refractivity contribution is 6.01. The minimum absolute atomic E-state index is 0.00456. The van der Waals surface area contributed by atoms with Crippen molar-refractivity contribution in [2.45, 2.75) is 65.0 Å². The van der Waals surface area contributed by atoms with E-state index in [1.54, 1.807) is 29.9 Å². The number of aromatic nitrogens is 3. The number of aryl methyl sites for hydroxylation is 2. The molecule has 1 unspecified atom stereocenters. The number of benzene rings is 2. The third-order valence-corrected chi connectivity index (χ3v) is 7.77. The van der Waals surface area contributed by atoms with Crippen LogP contribution in [0, 0.1) is 19.1 Å². The zero-order valence-electron chi connectivity index (χ0n) is 23.3. The van der Waals surface area contributed by atoms with E-state index < -0.39 is 6.04 Å². The third-order valence-electron chi connectivity index (χ3n) is 7.77. The highest BCUT2D eigenvalue weighted by Gasteiger charge is 2.35. The number of hydrogen-bond donors (Lipinski definition) is 2. The fourth-order valence-electron chi connectivity index (χ4n) is 5.75. The fraction of sp³-hybridized carbons (Fsp3) is 0.312. The predicted molar refractivity (Wildman–Crippen MR) is 155 cm³/mol. The molecule has 2 aromatic heterocycles. The van der Waals surface area contributed by atoms with Crippen molar-refractivity contribution in [2.24, 2.45) is 0 Å². The van der Waals surface area contributed by atoms with Gasteiger partial charge in [-0.25, -0.2) is 0 Å². The minimum atomic E-state index is -0.776. The predicted octanol–water partition coefficient (Wildman–Crippen LogP) is 5.24. The molecular weight excluding hydrogens is 502 g/mol. The first-order valence-electron chi connectivity index (χ1n) is 13.8. The molecule has 8 nitrogen and oxygen atoms in total. The lowest BCUT2D eigenvalue weighted by Gasteiger charge is -2.32. The average Bonchev–Trinajstić information content (AvgIpc) is 3.45. The molecule has 1 aliphatic rings. The van der Waals surface area contributed by atoms with Crippen LogP contribution < -0.4 is 15.4 Å². The van der Waals surface area contributed by atoms with Crippen molar-refractivity contribution >= 4 is 17.5 Å². The molecule has 0 bridgehead atoms. The first-order valence-corrected chi connectivity index (χ1v) is 13.8. The highest BCUT2D eigenvalue weighted by Crippen LogP contribution is 2.35. The van der Waals surface area contributed by atoms with Crippen molar-refractivity contribution in [3.05, 3.63) is 106 Å². The second-order valence-electron chi connectivity index (χ2n) is 10.8. The largest absolute Gasteiger partial charge is 0.618 e. The van der Waals surface area contributed by atoms with Gasteiger partial charge >= 0.3 is 0 Å². The summed E-state index contributed by atoms with van der Waals surface area (Å²) in [6.07, 6.45) is 5.80. The van der Waals surface area contributed by atoms with E-state index in [0.717, 1.165) is 46.2 Å². The van der Waals surface area contributed by atoms with E-state index >= 15 is 0 Å². The Morgan fingerprint density at radius 3 is 2.55 bits per heavy atom. The second kappa shape index (κ2) is 11.3. The molecule has 2 atom stereocenters. The van der Waals surface area contributed by atoms with Gasteiger partial charge < -0.3 is 15.8 Å². The summed E-state index contributed by atoms with van der Waals surface area (Å²) in [6.45, 7) is 7.69. The molecule has 8 heteroatoms. The van der Waals surface area contributed by atoms with E-state index in [4.69, 9.17) is 0 Å². The maximum Gasteiger partial charge on any atom is 0.270 e. The number of carbonyl (C=O) groups is 2. The lowest BCUT2D eigenvalue weighted by molar-refractivity contribution is -0.611. The van der Waals surface area contributed by atoms with Crippen LogP contribution in [0.1, 0.15) is 71.5 Å². The minimum Gasteiger partial charge on any atom is -0.618 e. The van der Waals surface area contributed by atoms with Gasteiger partial charge in [-0.05, 0) is 80.5 Å². The maximum atomic E-state index is 13.9. The zero-order valence-corrected chi connectivity index (χ0v) is 23.3. The van der Waals surface area contributed by atoms with E-state index in [0.29, 0.717) is 17.1 Å². The Bertz CT molecular complexity index is 1540. The quantitative estimate of drug-likeness (QED) is 0.249. The molecule has 2 heterocycles. The summed E-state index contributed by atoms with van der Waals surface area (Å²) in [5.41, 5.74) is 6.75. The zero-order chi connectivity index (χ0) is 28.4. The molecule has 2 amide bonds. The number of amides is 2. The first kappa shape index (κ1) is 27.1. The van der Waals surface area contributed by atoms with Gasteiger partial charge in [0, 0.05) is 36.8 Å². The van der Waals surface area contributed by atoms with Gasteiger partial charge in [0.2, 0.25) is 5.91 Å². The van der Waals surface area contributed by atoms with Gasteiger partial charge in [-0.15, -0.1) is 0 Å². The van der Waals surface area contributed by atoms with Crippen LogP contribution in [0.25, 0.3) is 11.1 Å². The van der Waals surface area contributed by atoms with Crippen molar-refractivity contribution in [1.82, 2.24) is 15.1 Å². The Morgan fingerprint density at radius 1 is 1.05 bits per heavy atom. The normalized spacial score (nSPS) is 15.4. The van der Waals surface area contributed by atoms with Crippen molar-refractivity contribution < 1.29 is 14.3 Å². The van der Waals surface area contributed by atoms with E-state index in [9.17, 15) is 14.8 Å². The van der Waals surface area contributed by atoms with Gasteiger partial charge in [0.1, 0.15) is 11.7 Å². The molecule has 0 saturated heterocycles. The van der Waals surface area contributed by atoms with E-state index in [-0.39, 0.29) is 23.8 Å². The van der Waals surface area contributed by atoms with Crippen LogP contribution in [-0.4, -0.2) is 27.6 Å². The van der Waals surface area contributed by atoms with E-state index in [1.807, 2.05) is 57.2 Å². The summed E-state index contributed by atoms with van der Waals surface area (Å²) in [4.78, 5) is 27.3. The highest BCUT2D eigenvalue weighted by atomic mass is 16.5. The number of nitrogens with zero attached hydrogens (tertiary/aromatic N) is 3. The lowest BCUT2D eigenvalue weighted by atomic mass is 9.78. The van der Waals surface area contributed by atoms with Gasteiger partial charge in [0.25, 0.3) is 5.91 Å². The van der Waals surface area contributed by atoms with Crippen LogP contribution in [-0.2, 0) is 11.2 Å². The number of anilines is 1. The summed E-state index contributed by atoms with van der Waals surface area (Å²) >= 11 is 0. The Balaban J connectivity index is 1.43. The Labute approximate surface area is 234 Å². The molecule has 1 aliphatic carbocycles. The average molecular weight is 538 g/mol. The molecule has 4 aromatic rings. The molecule has 2 N–H and O–H groups in total. The van der Waals surface area contributed by atoms with Crippen LogP contribution in [0.15, 0.2) is 73.1 Å². The lowest BCUT2D eigenvalue weighted by Crippen LogP contribution is -2.48. The van der Waals surface area contributed by atoms with Crippen molar-refractivity contribution in [3.8, 4) is 11.1 Å². The Morgan fingerprint density at radius 2 is 1.80 bits per heavy atom. The van der Waals surface area contributed by atoms with Crippen LogP contribution in [0.2, 0.25) is 0 Å². The van der Waals surface area contributed by atoms with Crippen molar-refractivity contribution in [2.75, 3.05) is 5.32 Å². The molecule has 5 rings (SSSR count). The number of fused-ring (bicyclic) bond motifs is 1. The number of pyridine rings is 1. The SMILES string of the molecule is Cc1cc[n+]([O-])c(C)c1-c1ccc(NC(=O)[C@@H](NC(=O)c2ccnn2C(C)C)C2CCCc3ccccc32)cc1. The molecule has 2 aromatic carbocycles. The first-order chi connectivity index (χ1) is 19.2. The molecule has 0 aliphatic heterocycles. The van der Waals surface area contributed by atoms with Gasteiger partial charge in [-0.1, -0.05) is 36.4 Å². The number of nitrogens with one attached hydrogen (secondary N) is 2.